The van der Waals surface area contributed by atoms with Crippen LogP contribution >= 0.6 is 27.5 Å². The van der Waals surface area contributed by atoms with Gasteiger partial charge in [0.25, 0.3) is 5.91 Å². The first-order valence-electron chi connectivity index (χ1n) is 5.87. The normalized spacial score (nSPS) is 24.1. The Balaban J connectivity index is 2.22. The van der Waals surface area contributed by atoms with E-state index in [9.17, 15) is 4.79 Å². The van der Waals surface area contributed by atoms with Gasteiger partial charge in [-0.05, 0) is 32.0 Å². The number of hydrogen-bond acceptors (Lipinski definition) is 2. The second kappa shape index (κ2) is 5.59. The number of carbonyl (C=O) groups excluding carboxylic acids is 1. The molecule has 1 heterocycles. The largest absolute Gasteiger partial charge is 0.372 e. The molecule has 0 spiro atoms. The summed E-state index contributed by atoms with van der Waals surface area (Å²) >= 11 is 9.44. The molecule has 1 aliphatic rings. The molecule has 1 saturated heterocycles. The Bertz CT molecular complexity index is 456. The first kappa shape index (κ1) is 13.8. The molecule has 0 saturated carbocycles. The molecule has 0 N–H and O–H groups in total. The van der Waals surface area contributed by atoms with E-state index in [0.29, 0.717) is 23.7 Å². The maximum atomic E-state index is 12.4. The molecule has 18 heavy (non-hydrogen) atoms. The highest BCUT2D eigenvalue weighted by molar-refractivity contribution is 9.10. The van der Waals surface area contributed by atoms with Crippen molar-refractivity contribution in [2.45, 2.75) is 26.1 Å². The van der Waals surface area contributed by atoms with Gasteiger partial charge in [0.1, 0.15) is 0 Å². The Morgan fingerprint density at radius 2 is 2.00 bits per heavy atom. The van der Waals surface area contributed by atoms with Crippen molar-refractivity contribution in [1.82, 2.24) is 4.90 Å². The molecule has 0 aromatic heterocycles. The lowest BCUT2D eigenvalue weighted by atomic mass is 10.1. The smallest absolute Gasteiger partial charge is 0.255 e. The summed E-state index contributed by atoms with van der Waals surface area (Å²) in [7, 11) is 0. The van der Waals surface area contributed by atoms with Gasteiger partial charge in [-0.3, -0.25) is 4.79 Å². The van der Waals surface area contributed by atoms with Crippen LogP contribution in [0.1, 0.15) is 24.2 Å². The second-order valence-electron chi connectivity index (χ2n) is 4.59. The van der Waals surface area contributed by atoms with E-state index in [1.54, 1.807) is 17.0 Å². The average molecular weight is 333 g/mol. The van der Waals surface area contributed by atoms with Crippen LogP contribution in [0.4, 0.5) is 0 Å². The fourth-order valence-electron chi connectivity index (χ4n) is 2.18. The second-order valence-corrected chi connectivity index (χ2v) is 5.91. The van der Waals surface area contributed by atoms with E-state index in [-0.39, 0.29) is 18.1 Å². The molecular formula is C13H15BrClNO2. The molecule has 5 heteroatoms. The van der Waals surface area contributed by atoms with Gasteiger partial charge in [0.2, 0.25) is 0 Å². The maximum absolute atomic E-state index is 12.4. The number of nitrogens with zero attached hydrogens (tertiary/aromatic N) is 1. The summed E-state index contributed by atoms with van der Waals surface area (Å²) in [5.74, 6) is -0.0386. The number of morpholine rings is 1. The first-order chi connectivity index (χ1) is 8.47. The summed E-state index contributed by atoms with van der Waals surface area (Å²) in [6.07, 6.45) is 0.118. The van der Waals surface area contributed by atoms with Crippen molar-refractivity contribution < 1.29 is 9.53 Å². The van der Waals surface area contributed by atoms with E-state index in [0.717, 1.165) is 4.47 Å². The summed E-state index contributed by atoms with van der Waals surface area (Å²) in [6.45, 7) is 5.15. The third-order valence-corrected chi connectivity index (χ3v) is 3.69. The predicted octanol–water partition coefficient (Wildman–Crippen LogP) is 3.35. The lowest BCUT2D eigenvalue weighted by Gasteiger charge is -2.35. The third kappa shape index (κ3) is 3.05. The standard InChI is InChI=1S/C13H15BrClNO2/c1-8-6-16(7-9(2)18-8)13(17)11-5-10(14)3-4-12(11)15/h3-5,8-9H,6-7H2,1-2H3. The van der Waals surface area contributed by atoms with Crippen LogP contribution in [-0.2, 0) is 4.74 Å². The molecule has 2 atom stereocenters. The number of carbonyl (C=O) groups is 1. The van der Waals surface area contributed by atoms with Gasteiger partial charge in [-0.2, -0.15) is 0 Å². The van der Waals surface area contributed by atoms with E-state index in [4.69, 9.17) is 16.3 Å². The number of ether oxygens (including phenoxy) is 1. The highest BCUT2D eigenvalue weighted by Gasteiger charge is 2.27. The number of halogens is 2. The van der Waals surface area contributed by atoms with Gasteiger partial charge in [-0.15, -0.1) is 0 Å². The molecule has 3 nitrogen and oxygen atoms in total. The van der Waals surface area contributed by atoms with Crippen molar-refractivity contribution >= 4 is 33.4 Å². The van der Waals surface area contributed by atoms with E-state index in [2.05, 4.69) is 15.9 Å². The number of benzene rings is 1. The van der Waals surface area contributed by atoms with Crippen molar-refractivity contribution in [1.29, 1.82) is 0 Å². The molecule has 0 aliphatic carbocycles. The van der Waals surface area contributed by atoms with Crippen LogP contribution in [0.5, 0.6) is 0 Å². The topological polar surface area (TPSA) is 29.5 Å². The minimum Gasteiger partial charge on any atom is -0.372 e. The van der Waals surface area contributed by atoms with E-state index < -0.39 is 0 Å². The van der Waals surface area contributed by atoms with Gasteiger partial charge in [-0.25, -0.2) is 0 Å². The van der Waals surface area contributed by atoms with Crippen molar-refractivity contribution in [3.8, 4) is 0 Å². The first-order valence-corrected chi connectivity index (χ1v) is 7.04. The highest BCUT2D eigenvalue weighted by Crippen LogP contribution is 2.23. The predicted molar refractivity (Wildman–Crippen MR) is 75.1 cm³/mol. The number of rotatable bonds is 1. The summed E-state index contributed by atoms with van der Waals surface area (Å²) in [6, 6.07) is 5.31. The zero-order valence-electron chi connectivity index (χ0n) is 10.3. The van der Waals surface area contributed by atoms with E-state index >= 15 is 0 Å². The fourth-order valence-corrected chi connectivity index (χ4v) is 2.73. The molecule has 98 valence electrons. The van der Waals surface area contributed by atoms with E-state index in [1.165, 1.54) is 0 Å². The lowest BCUT2D eigenvalue weighted by Crippen LogP contribution is -2.48. The summed E-state index contributed by atoms with van der Waals surface area (Å²) in [5.41, 5.74) is 0.535. The number of amides is 1. The molecule has 1 amide bonds. The van der Waals surface area contributed by atoms with Gasteiger partial charge < -0.3 is 9.64 Å². The number of hydrogen-bond donors (Lipinski definition) is 0. The monoisotopic (exact) mass is 331 g/mol. The quantitative estimate of drug-likeness (QED) is 0.789. The van der Waals surface area contributed by atoms with Crippen molar-refractivity contribution in [3.63, 3.8) is 0 Å². The van der Waals surface area contributed by atoms with Crippen molar-refractivity contribution in [2.75, 3.05) is 13.1 Å². The van der Waals surface area contributed by atoms with Crippen molar-refractivity contribution in [2.24, 2.45) is 0 Å². The van der Waals surface area contributed by atoms with E-state index in [1.807, 2.05) is 19.9 Å². The molecule has 1 aromatic carbocycles. The average Bonchev–Trinajstić information content (AvgIpc) is 2.30. The molecule has 2 rings (SSSR count). The molecular weight excluding hydrogens is 318 g/mol. The Hall–Kier alpha value is -0.580. The zero-order chi connectivity index (χ0) is 13.3. The molecule has 2 unspecified atom stereocenters. The zero-order valence-corrected chi connectivity index (χ0v) is 12.7. The Morgan fingerprint density at radius 3 is 2.61 bits per heavy atom. The van der Waals surface area contributed by atoms with Crippen LogP contribution in [0, 0.1) is 0 Å². The Kier molecular flexibility index (Phi) is 4.30. The molecule has 1 aliphatic heterocycles. The van der Waals surface area contributed by atoms with Crippen LogP contribution < -0.4 is 0 Å². The van der Waals surface area contributed by atoms with Crippen LogP contribution in [-0.4, -0.2) is 36.1 Å². The molecule has 1 fully saturated rings. The van der Waals surface area contributed by atoms with Gasteiger partial charge in [0.05, 0.1) is 22.8 Å². The van der Waals surface area contributed by atoms with Crippen LogP contribution in [0.15, 0.2) is 22.7 Å². The van der Waals surface area contributed by atoms with Gasteiger partial charge in [0, 0.05) is 17.6 Å². The minimum absolute atomic E-state index is 0.0386. The molecule has 0 radical (unpaired) electrons. The maximum Gasteiger partial charge on any atom is 0.255 e. The summed E-state index contributed by atoms with van der Waals surface area (Å²) in [4.78, 5) is 14.2. The lowest BCUT2D eigenvalue weighted by molar-refractivity contribution is -0.0586. The summed E-state index contributed by atoms with van der Waals surface area (Å²) in [5, 5.41) is 0.481. The summed E-state index contributed by atoms with van der Waals surface area (Å²) < 4.78 is 6.47. The fraction of sp³-hybridized carbons (Fsp3) is 0.462. The molecule has 0 bridgehead atoms. The minimum atomic E-state index is -0.0386. The third-order valence-electron chi connectivity index (χ3n) is 2.87. The van der Waals surface area contributed by atoms with Gasteiger partial charge >= 0.3 is 0 Å². The van der Waals surface area contributed by atoms with Crippen LogP contribution in [0.2, 0.25) is 5.02 Å². The Labute approximate surface area is 120 Å². The van der Waals surface area contributed by atoms with Crippen LogP contribution in [0.25, 0.3) is 0 Å². The SMILES string of the molecule is CC1CN(C(=O)c2cc(Br)ccc2Cl)CC(C)O1. The van der Waals surface area contributed by atoms with Crippen LogP contribution in [0.3, 0.4) is 0 Å². The van der Waals surface area contributed by atoms with Crippen molar-refractivity contribution in [3.05, 3.63) is 33.3 Å². The van der Waals surface area contributed by atoms with Gasteiger partial charge in [0.15, 0.2) is 0 Å². The molecule has 1 aromatic rings. The Morgan fingerprint density at radius 1 is 1.39 bits per heavy atom. The highest BCUT2D eigenvalue weighted by atomic mass is 79.9. The van der Waals surface area contributed by atoms with Gasteiger partial charge in [-0.1, -0.05) is 27.5 Å².